The first kappa shape index (κ1) is 15.5. The summed E-state index contributed by atoms with van der Waals surface area (Å²) < 4.78 is 5.28. The lowest BCUT2D eigenvalue weighted by Crippen LogP contribution is -2.46. The molecule has 0 bridgehead atoms. The molecular weight excluding hydrogens is 268 g/mol. The van der Waals surface area contributed by atoms with Gasteiger partial charge in [0.25, 0.3) is 0 Å². The van der Waals surface area contributed by atoms with E-state index in [2.05, 4.69) is 20.2 Å². The average molecular weight is 292 g/mol. The van der Waals surface area contributed by atoms with Gasteiger partial charge in [0, 0.05) is 25.3 Å². The molecule has 6 nitrogen and oxygen atoms in total. The van der Waals surface area contributed by atoms with Gasteiger partial charge in [-0.1, -0.05) is 0 Å². The zero-order chi connectivity index (χ0) is 15.5. The summed E-state index contributed by atoms with van der Waals surface area (Å²) in [6.07, 6.45) is 4.97. The van der Waals surface area contributed by atoms with Crippen molar-refractivity contribution in [2.24, 2.45) is 0 Å². The van der Waals surface area contributed by atoms with Gasteiger partial charge < -0.3 is 15.0 Å². The monoisotopic (exact) mass is 292 g/mol. The maximum absolute atomic E-state index is 11.8. The molecule has 0 aliphatic carbocycles. The van der Waals surface area contributed by atoms with Crippen molar-refractivity contribution in [2.75, 3.05) is 18.0 Å². The molecule has 1 aromatic rings. The summed E-state index contributed by atoms with van der Waals surface area (Å²) in [5, 5.41) is 2.93. The van der Waals surface area contributed by atoms with Crippen LogP contribution in [-0.2, 0) is 4.74 Å². The van der Waals surface area contributed by atoms with E-state index in [1.807, 2.05) is 27.7 Å². The Labute approximate surface area is 125 Å². The number of nitrogens with zero attached hydrogens (tertiary/aromatic N) is 3. The van der Waals surface area contributed by atoms with E-state index in [1.54, 1.807) is 12.4 Å². The van der Waals surface area contributed by atoms with Gasteiger partial charge in [0.05, 0.1) is 11.9 Å². The quantitative estimate of drug-likeness (QED) is 0.905. The number of hydrogen-bond donors (Lipinski definition) is 1. The highest BCUT2D eigenvalue weighted by molar-refractivity contribution is 5.68. The zero-order valence-electron chi connectivity index (χ0n) is 13.2. The highest BCUT2D eigenvalue weighted by Gasteiger charge is 2.24. The number of aryl methyl sites for hydroxylation is 1. The van der Waals surface area contributed by atoms with E-state index in [1.165, 1.54) is 0 Å². The fraction of sp³-hybridized carbons (Fsp3) is 0.667. The molecule has 0 saturated carbocycles. The van der Waals surface area contributed by atoms with Crippen molar-refractivity contribution in [3.05, 3.63) is 18.1 Å². The van der Waals surface area contributed by atoms with E-state index in [4.69, 9.17) is 4.74 Å². The van der Waals surface area contributed by atoms with Crippen LogP contribution in [0, 0.1) is 6.92 Å². The van der Waals surface area contributed by atoms with Crippen LogP contribution in [0.15, 0.2) is 12.4 Å². The van der Waals surface area contributed by atoms with Gasteiger partial charge in [-0.15, -0.1) is 0 Å². The Kier molecular flexibility index (Phi) is 4.65. The standard InChI is InChI=1S/C15H24N4O2/c1-11-9-16-10-13(17-11)19-7-5-12(6-8-19)18-14(20)21-15(2,3)4/h9-10,12H,5-8H2,1-4H3,(H,18,20). The van der Waals surface area contributed by atoms with Crippen LogP contribution in [0.2, 0.25) is 0 Å². The number of ether oxygens (including phenoxy) is 1. The Balaban J connectivity index is 1.82. The molecule has 0 unspecified atom stereocenters. The molecule has 0 spiro atoms. The second-order valence-electron chi connectivity index (χ2n) is 6.43. The summed E-state index contributed by atoms with van der Waals surface area (Å²) in [5.41, 5.74) is 0.462. The van der Waals surface area contributed by atoms with E-state index in [0.29, 0.717) is 0 Å². The summed E-state index contributed by atoms with van der Waals surface area (Å²) in [4.78, 5) is 22.6. The van der Waals surface area contributed by atoms with Crippen LogP contribution in [0.4, 0.5) is 10.6 Å². The Morgan fingerprint density at radius 3 is 2.57 bits per heavy atom. The third-order valence-corrected chi connectivity index (χ3v) is 3.28. The Bertz CT molecular complexity index is 491. The van der Waals surface area contributed by atoms with Gasteiger partial charge in [0.1, 0.15) is 11.4 Å². The first-order chi connectivity index (χ1) is 9.83. The molecule has 1 aliphatic heterocycles. The van der Waals surface area contributed by atoms with Gasteiger partial charge in [-0.3, -0.25) is 4.98 Å². The fourth-order valence-corrected chi connectivity index (χ4v) is 2.33. The number of amides is 1. The van der Waals surface area contributed by atoms with Gasteiger partial charge in [-0.2, -0.15) is 0 Å². The maximum Gasteiger partial charge on any atom is 0.407 e. The summed E-state index contributed by atoms with van der Waals surface area (Å²) in [6.45, 7) is 9.26. The summed E-state index contributed by atoms with van der Waals surface area (Å²) >= 11 is 0. The molecule has 1 N–H and O–H groups in total. The van der Waals surface area contributed by atoms with E-state index in [0.717, 1.165) is 37.4 Å². The van der Waals surface area contributed by atoms with E-state index in [9.17, 15) is 4.79 Å². The summed E-state index contributed by atoms with van der Waals surface area (Å²) in [5.74, 6) is 0.908. The lowest BCUT2D eigenvalue weighted by atomic mass is 10.1. The molecule has 1 aliphatic rings. The Morgan fingerprint density at radius 1 is 1.33 bits per heavy atom. The molecule has 0 atom stereocenters. The van der Waals surface area contributed by atoms with Crippen LogP contribution < -0.4 is 10.2 Å². The smallest absolute Gasteiger partial charge is 0.407 e. The molecule has 1 aromatic heterocycles. The third kappa shape index (κ3) is 4.88. The number of carbonyl (C=O) groups excluding carboxylic acids is 1. The summed E-state index contributed by atoms with van der Waals surface area (Å²) in [7, 11) is 0. The molecule has 21 heavy (non-hydrogen) atoms. The molecule has 1 fully saturated rings. The Morgan fingerprint density at radius 2 is 2.00 bits per heavy atom. The normalized spacial score (nSPS) is 16.7. The topological polar surface area (TPSA) is 67.4 Å². The second-order valence-corrected chi connectivity index (χ2v) is 6.43. The number of rotatable bonds is 2. The average Bonchev–Trinajstić information content (AvgIpc) is 2.37. The van der Waals surface area contributed by atoms with Crippen LogP contribution in [-0.4, -0.2) is 40.8 Å². The van der Waals surface area contributed by atoms with Crippen LogP contribution >= 0.6 is 0 Å². The minimum atomic E-state index is -0.456. The first-order valence-electron chi connectivity index (χ1n) is 7.36. The molecule has 1 saturated heterocycles. The lowest BCUT2D eigenvalue weighted by molar-refractivity contribution is 0.0497. The third-order valence-electron chi connectivity index (χ3n) is 3.28. The van der Waals surface area contributed by atoms with Crippen molar-refractivity contribution < 1.29 is 9.53 Å². The van der Waals surface area contributed by atoms with Crippen molar-refractivity contribution in [3.8, 4) is 0 Å². The second kappa shape index (κ2) is 6.28. The fourth-order valence-electron chi connectivity index (χ4n) is 2.33. The van der Waals surface area contributed by atoms with Crippen LogP contribution in [0.3, 0.4) is 0 Å². The molecule has 1 amide bonds. The molecule has 6 heteroatoms. The van der Waals surface area contributed by atoms with Crippen LogP contribution in [0.25, 0.3) is 0 Å². The minimum absolute atomic E-state index is 0.161. The van der Waals surface area contributed by atoms with Crippen molar-refractivity contribution in [2.45, 2.75) is 52.2 Å². The van der Waals surface area contributed by atoms with E-state index < -0.39 is 5.60 Å². The molecule has 2 heterocycles. The number of anilines is 1. The number of aromatic nitrogens is 2. The molecule has 0 aromatic carbocycles. The molecule has 0 radical (unpaired) electrons. The van der Waals surface area contributed by atoms with E-state index >= 15 is 0 Å². The summed E-state index contributed by atoms with van der Waals surface area (Å²) in [6, 6.07) is 0.161. The lowest BCUT2D eigenvalue weighted by Gasteiger charge is -2.33. The van der Waals surface area contributed by atoms with E-state index in [-0.39, 0.29) is 12.1 Å². The van der Waals surface area contributed by atoms with Gasteiger partial charge >= 0.3 is 6.09 Å². The molecule has 2 rings (SSSR count). The van der Waals surface area contributed by atoms with Crippen molar-refractivity contribution in [1.29, 1.82) is 0 Å². The van der Waals surface area contributed by atoms with Crippen LogP contribution in [0.5, 0.6) is 0 Å². The minimum Gasteiger partial charge on any atom is -0.444 e. The highest BCUT2D eigenvalue weighted by atomic mass is 16.6. The molecule has 116 valence electrons. The van der Waals surface area contributed by atoms with Gasteiger partial charge in [0.15, 0.2) is 0 Å². The van der Waals surface area contributed by atoms with Crippen molar-refractivity contribution in [3.63, 3.8) is 0 Å². The van der Waals surface area contributed by atoms with Gasteiger partial charge in [-0.25, -0.2) is 9.78 Å². The zero-order valence-corrected chi connectivity index (χ0v) is 13.2. The number of hydrogen-bond acceptors (Lipinski definition) is 5. The largest absolute Gasteiger partial charge is 0.444 e. The number of carbonyl (C=O) groups is 1. The molecular formula is C15H24N4O2. The number of alkyl carbamates (subject to hydrolysis) is 1. The highest BCUT2D eigenvalue weighted by Crippen LogP contribution is 2.17. The predicted molar refractivity (Wildman–Crippen MR) is 81.4 cm³/mol. The maximum atomic E-state index is 11.8. The van der Waals surface area contributed by atoms with Crippen molar-refractivity contribution in [1.82, 2.24) is 15.3 Å². The van der Waals surface area contributed by atoms with Gasteiger partial charge in [0.2, 0.25) is 0 Å². The Hall–Kier alpha value is -1.85. The number of nitrogens with one attached hydrogen (secondary N) is 1. The first-order valence-corrected chi connectivity index (χ1v) is 7.36. The number of piperidine rings is 1. The predicted octanol–water partition coefficient (Wildman–Crippen LogP) is 2.28. The van der Waals surface area contributed by atoms with Crippen LogP contribution in [0.1, 0.15) is 39.3 Å². The van der Waals surface area contributed by atoms with Gasteiger partial charge in [-0.05, 0) is 40.5 Å². The van der Waals surface area contributed by atoms with Crippen molar-refractivity contribution >= 4 is 11.9 Å². The SMILES string of the molecule is Cc1cncc(N2CCC(NC(=O)OC(C)(C)C)CC2)n1.